The second-order valence-corrected chi connectivity index (χ2v) is 7.21. The van der Waals surface area contributed by atoms with Crippen molar-refractivity contribution in [1.82, 2.24) is 0 Å². The monoisotopic (exact) mass is 488 g/mol. The van der Waals surface area contributed by atoms with Crippen LogP contribution in [0.15, 0.2) is 36.4 Å². The molecule has 3 rings (SSSR count). The molecule has 0 unspecified atom stereocenters. The minimum atomic E-state index is -5.04. The Morgan fingerprint density at radius 2 is 1.70 bits per heavy atom. The van der Waals surface area contributed by atoms with E-state index in [1.807, 2.05) is 0 Å². The number of ether oxygens (including phenoxy) is 1. The SMILES string of the molecule is N#Cc1ccc(NC(=O)[C@@H]2CN(c3ccc(C#N)c(C(F)(F)F)c3)[C@@H](C(F)(F)F)O2)cc1Cl. The summed E-state index contributed by atoms with van der Waals surface area (Å²) in [6.07, 6.45) is -14.4. The zero-order chi connectivity index (χ0) is 24.6. The number of amides is 1. The number of halogens is 7. The van der Waals surface area contributed by atoms with Crippen molar-refractivity contribution in [3.63, 3.8) is 0 Å². The smallest absolute Gasteiger partial charge is 0.335 e. The Kier molecular flexibility index (Phi) is 6.45. The normalized spacial score (nSPS) is 18.5. The molecule has 1 N–H and O–H groups in total. The van der Waals surface area contributed by atoms with Gasteiger partial charge in [-0.15, -0.1) is 0 Å². The molecule has 1 saturated heterocycles. The number of anilines is 2. The summed E-state index contributed by atoms with van der Waals surface area (Å²) in [5.41, 5.74) is -2.52. The van der Waals surface area contributed by atoms with Crippen LogP contribution in [0.2, 0.25) is 5.02 Å². The molecule has 1 heterocycles. The van der Waals surface area contributed by atoms with Gasteiger partial charge in [0.15, 0.2) is 6.10 Å². The molecule has 6 nitrogen and oxygen atoms in total. The molecule has 2 aromatic carbocycles. The highest BCUT2D eigenvalue weighted by atomic mass is 35.5. The van der Waals surface area contributed by atoms with E-state index >= 15 is 0 Å². The number of nitrogens with one attached hydrogen (secondary N) is 1. The van der Waals surface area contributed by atoms with Crippen LogP contribution in [0, 0.1) is 22.7 Å². The average molecular weight is 489 g/mol. The van der Waals surface area contributed by atoms with Gasteiger partial charge in [-0.1, -0.05) is 11.6 Å². The topological polar surface area (TPSA) is 89.2 Å². The van der Waals surface area contributed by atoms with E-state index in [-0.39, 0.29) is 16.3 Å². The number of hydrogen-bond donors (Lipinski definition) is 1. The Labute approximate surface area is 187 Å². The van der Waals surface area contributed by atoms with Gasteiger partial charge >= 0.3 is 12.4 Å². The van der Waals surface area contributed by atoms with Gasteiger partial charge in [0.25, 0.3) is 5.91 Å². The average Bonchev–Trinajstić information content (AvgIpc) is 3.19. The molecule has 0 aliphatic carbocycles. The Balaban J connectivity index is 1.90. The minimum absolute atomic E-state index is 0.00491. The maximum absolute atomic E-state index is 13.6. The van der Waals surface area contributed by atoms with Crippen molar-refractivity contribution in [3.05, 3.63) is 58.1 Å². The van der Waals surface area contributed by atoms with Crippen LogP contribution in [-0.4, -0.2) is 31.0 Å². The van der Waals surface area contributed by atoms with Crippen molar-refractivity contribution in [1.29, 1.82) is 10.5 Å². The van der Waals surface area contributed by atoms with Crippen LogP contribution in [0.3, 0.4) is 0 Å². The molecule has 33 heavy (non-hydrogen) atoms. The van der Waals surface area contributed by atoms with Crippen molar-refractivity contribution in [3.8, 4) is 12.1 Å². The van der Waals surface area contributed by atoms with Gasteiger partial charge < -0.3 is 15.0 Å². The zero-order valence-corrected chi connectivity index (χ0v) is 16.9. The van der Waals surface area contributed by atoms with Gasteiger partial charge in [0.1, 0.15) is 6.07 Å². The molecule has 1 aliphatic rings. The third-order valence-electron chi connectivity index (χ3n) is 4.63. The van der Waals surface area contributed by atoms with Gasteiger partial charge in [-0.25, -0.2) is 0 Å². The fourth-order valence-electron chi connectivity index (χ4n) is 3.14. The van der Waals surface area contributed by atoms with Crippen LogP contribution < -0.4 is 10.2 Å². The highest BCUT2D eigenvalue weighted by Crippen LogP contribution is 2.39. The Morgan fingerprint density at radius 1 is 1.06 bits per heavy atom. The molecule has 0 saturated carbocycles. The number of hydrogen-bond acceptors (Lipinski definition) is 5. The van der Waals surface area contributed by atoms with Crippen LogP contribution in [0.4, 0.5) is 37.7 Å². The molecule has 2 atom stereocenters. The molecular formula is C20H11ClF6N4O2. The molecule has 1 aliphatic heterocycles. The van der Waals surface area contributed by atoms with Crippen molar-refractivity contribution in [2.75, 3.05) is 16.8 Å². The van der Waals surface area contributed by atoms with E-state index in [2.05, 4.69) is 5.32 Å². The number of rotatable bonds is 3. The Morgan fingerprint density at radius 3 is 2.24 bits per heavy atom. The summed E-state index contributed by atoms with van der Waals surface area (Å²) in [6.45, 7) is -0.719. The first kappa shape index (κ1) is 24.2. The van der Waals surface area contributed by atoms with Crippen LogP contribution >= 0.6 is 11.6 Å². The van der Waals surface area contributed by atoms with E-state index in [4.69, 9.17) is 26.9 Å². The lowest BCUT2D eigenvalue weighted by molar-refractivity contribution is -0.212. The summed E-state index contributed by atoms with van der Waals surface area (Å²) in [7, 11) is 0. The van der Waals surface area contributed by atoms with Gasteiger partial charge in [-0.05, 0) is 36.4 Å². The molecule has 172 valence electrons. The fourth-order valence-corrected chi connectivity index (χ4v) is 3.36. The summed E-state index contributed by atoms with van der Waals surface area (Å²) in [4.78, 5) is 13.0. The van der Waals surface area contributed by atoms with Crippen molar-refractivity contribution >= 4 is 28.9 Å². The lowest BCUT2D eigenvalue weighted by Gasteiger charge is -2.27. The van der Waals surface area contributed by atoms with Crippen molar-refractivity contribution in [2.24, 2.45) is 0 Å². The zero-order valence-electron chi connectivity index (χ0n) is 16.1. The van der Waals surface area contributed by atoms with Gasteiger partial charge in [-0.3, -0.25) is 4.79 Å². The maximum atomic E-state index is 13.6. The molecule has 0 radical (unpaired) electrons. The van der Waals surface area contributed by atoms with Crippen molar-refractivity contribution < 1.29 is 35.9 Å². The van der Waals surface area contributed by atoms with E-state index in [1.54, 1.807) is 6.07 Å². The third kappa shape index (κ3) is 5.13. The standard InChI is InChI=1S/C20H11ClF6N4O2/c21-15-5-12(3-1-11(15)8-29)30-17(32)16-9-31(18(33-16)20(25,26)27)13-4-2-10(7-28)14(6-13)19(22,23)24/h1-6,16,18H,9H2,(H,30,32)/t16-,18+/m0/s1. The highest BCUT2D eigenvalue weighted by Gasteiger charge is 2.52. The lowest BCUT2D eigenvalue weighted by Crippen LogP contribution is -2.42. The van der Waals surface area contributed by atoms with E-state index < -0.39 is 54.0 Å². The number of carbonyl (C=O) groups is 1. The Hall–Kier alpha value is -3.48. The van der Waals surface area contributed by atoms with E-state index in [0.717, 1.165) is 12.1 Å². The third-order valence-corrected chi connectivity index (χ3v) is 4.94. The molecule has 1 fully saturated rings. The molecular weight excluding hydrogens is 478 g/mol. The maximum Gasteiger partial charge on any atom is 0.433 e. The summed E-state index contributed by atoms with van der Waals surface area (Å²) in [6, 6.07) is 9.00. The van der Waals surface area contributed by atoms with Crippen molar-refractivity contribution in [2.45, 2.75) is 24.7 Å². The van der Waals surface area contributed by atoms with Gasteiger partial charge in [0.05, 0.1) is 34.3 Å². The molecule has 1 amide bonds. The minimum Gasteiger partial charge on any atom is -0.335 e. The van der Waals surface area contributed by atoms with E-state index in [1.165, 1.54) is 24.3 Å². The molecule has 0 bridgehead atoms. The number of benzene rings is 2. The molecule has 13 heteroatoms. The second kappa shape index (κ2) is 8.81. The van der Waals surface area contributed by atoms with Crippen LogP contribution in [-0.2, 0) is 15.7 Å². The van der Waals surface area contributed by atoms with Crippen LogP contribution in [0.25, 0.3) is 0 Å². The quantitative estimate of drug-likeness (QED) is 0.625. The summed E-state index contributed by atoms with van der Waals surface area (Å²) < 4.78 is 85.3. The Bertz CT molecular complexity index is 1170. The number of alkyl halides is 6. The first-order chi connectivity index (χ1) is 15.3. The molecule has 0 spiro atoms. The summed E-state index contributed by atoms with van der Waals surface area (Å²) in [5.74, 6) is -1.00. The van der Waals surface area contributed by atoms with Gasteiger partial charge in [0, 0.05) is 11.4 Å². The first-order valence-electron chi connectivity index (χ1n) is 8.96. The van der Waals surface area contributed by atoms with Gasteiger partial charge in [0.2, 0.25) is 6.23 Å². The van der Waals surface area contributed by atoms with Crippen LogP contribution in [0.1, 0.15) is 16.7 Å². The number of carbonyl (C=O) groups excluding carboxylic acids is 1. The number of nitrogens with zero attached hydrogens (tertiary/aromatic N) is 3. The summed E-state index contributed by atoms with van der Waals surface area (Å²) in [5, 5.41) is 20.0. The molecule has 2 aromatic rings. The van der Waals surface area contributed by atoms with E-state index in [9.17, 15) is 31.1 Å². The first-order valence-corrected chi connectivity index (χ1v) is 9.33. The van der Waals surface area contributed by atoms with E-state index in [0.29, 0.717) is 11.0 Å². The molecule has 0 aromatic heterocycles. The largest absolute Gasteiger partial charge is 0.433 e. The predicted molar refractivity (Wildman–Crippen MR) is 103 cm³/mol. The predicted octanol–water partition coefficient (Wildman–Crippen LogP) is 4.83. The fraction of sp³-hybridized carbons (Fsp3) is 0.250. The van der Waals surface area contributed by atoms with Gasteiger partial charge in [-0.2, -0.15) is 36.9 Å². The second-order valence-electron chi connectivity index (χ2n) is 6.81. The lowest BCUT2D eigenvalue weighted by atomic mass is 10.1. The highest BCUT2D eigenvalue weighted by molar-refractivity contribution is 6.32. The number of nitriles is 2. The summed E-state index contributed by atoms with van der Waals surface area (Å²) >= 11 is 5.86. The van der Waals surface area contributed by atoms with Crippen LogP contribution in [0.5, 0.6) is 0 Å².